The summed E-state index contributed by atoms with van der Waals surface area (Å²) in [5, 5.41) is 0. The highest BCUT2D eigenvalue weighted by Crippen LogP contribution is 2.27. The summed E-state index contributed by atoms with van der Waals surface area (Å²) in [5.74, 6) is 0.359. The van der Waals surface area contributed by atoms with Gasteiger partial charge in [-0.3, -0.25) is 14.5 Å². The Morgan fingerprint density at radius 3 is 2.42 bits per heavy atom. The topological polar surface area (TPSA) is 59.1 Å². The number of piperazine rings is 1. The first-order valence-electron chi connectivity index (χ1n) is 8.56. The van der Waals surface area contributed by atoms with Crippen molar-refractivity contribution in [1.29, 1.82) is 0 Å². The smallest absolute Gasteiger partial charge is 0.325 e. The highest BCUT2D eigenvalue weighted by atomic mass is 16.6. The van der Waals surface area contributed by atoms with Gasteiger partial charge in [-0.2, -0.15) is 0 Å². The van der Waals surface area contributed by atoms with Crippen LogP contribution in [0.3, 0.4) is 0 Å². The number of methoxy groups -OCH3 is 1. The molecule has 1 aliphatic heterocycles. The highest BCUT2D eigenvalue weighted by Gasteiger charge is 2.20. The lowest BCUT2D eigenvalue weighted by molar-refractivity contribution is -0.135. The third-order valence-corrected chi connectivity index (χ3v) is 4.39. The number of hydrogen-bond acceptors (Lipinski definition) is 6. The fourth-order valence-corrected chi connectivity index (χ4v) is 2.98. The van der Waals surface area contributed by atoms with E-state index in [9.17, 15) is 9.59 Å². The van der Waals surface area contributed by atoms with Crippen LogP contribution in [0.15, 0.2) is 48.5 Å². The number of hydrogen-bond donors (Lipinski definition) is 0. The van der Waals surface area contributed by atoms with Crippen LogP contribution in [0, 0.1) is 0 Å². The van der Waals surface area contributed by atoms with E-state index < -0.39 is 0 Å². The molecular weight excluding hydrogens is 332 g/mol. The van der Waals surface area contributed by atoms with E-state index in [2.05, 4.69) is 21.9 Å². The standard InChI is InChI=1S/C20H22N2O4/c1-25-19-13-16(15-23)7-8-18(19)26-20(24)14-21-9-11-22(12-10-21)17-5-3-2-4-6-17/h2-8,13,15H,9-12,14H2,1H3. The molecule has 0 spiro atoms. The van der Waals surface area contributed by atoms with Crippen molar-refractivity contribution in [2.45, 2.75) is 0 Å². The van der Waals surface area contributed by atoms with Gasteiger partial charge in [0.2, 0.25) is 0 Å². The Kier molecular flexibility index (Phi) is 5.86. The Labute approximate surface area is 152 Å². The Hall–Kier alpha value is -2.86. The van der Waals surface area contributed by atoms with Crippen LogP contribution >= 0.6 is 0 Å². The van der Waals surface area contributed by atoms with E-state index in [4.69, 9.17) is 9.47 Å². The van der Waals surface area contributed by atoms with Gasteiger partial charge < -0.3 is 14.4 Å². The number of aldehydes is 1. The molecule has 0 amide bonds. The van der Waals surface area contributed by atoms with E-state index in [0.29, 0.717) is 17.1 Å². The zero-order chi connectivity index (χ0) is 18.4. The predicted molar refractivity (Wildman–Crippen MR) is 99.1 cm³/mol. The van der Waals surface area contributed by atoms with E-state index in [0.717, 1.165) is 32.5 Å². The lowest BCUT2D eigenvalue weighted by atomic mass is 10.2. The lowest BCUT2D eigenvalue weighted by Crippen LogP contribution is -2.48. The summed E-state index contributed by atoms with van der Waals surface area (Å²) in [7, 11) is 1.48. The van der Waals surface area contributed by atoms with Crippen LogP contribution in [0.1, 0.15) is 10.4 Å². The molecule has 1 aliphatic rings. The third kappa shape index (κ3) is 4.40. The summed E-state index contributed by atoms with van der Waals surface area (Å²) < 4.78 is 10.6. The van der Waals surface area contributed by atoms with Crippen molar-refractivity contribution in [3.05, 3.63) is 54.1 Å². The predicted octanol–water partition coefficient (Wildman–Crippen LogP) is 2.24. The van der Waals surface area contributed by atoms with Gasteiger partial charge in [-0.25, -0.2) is 0 Å². The minimum absolute atomic E-state index is 0.223. The fraction of sp³-hybridized carbons (Fsp3) is 0.300. The van der Waals surface area contributed by atoms with E-state index in [1.165, 1.54) is 12.8 Å². The number of benzene rings is 2. The first kappa shape index (κ1) is 17.9. The Morgan fingerprint density at radius 1 is 1.04 bits per heavy atom. The van der Waals surface area contributed by atoms with Crippen molar-refractivity contribution >= 4 is 17.9 Å². The van der Waals surface area contributed by atoms with Crippen molar-refractivity contribution in [2.24, 2.45) is 0 Å². The van der Waals surface area contributed by atoms with Gasteiger partial charge in [-0.05, 0) is 30.3 Å². The van der Waals surface area contributed by atoms with Crippen molar-refractivity contribution < 1.29 is 19.1 Å². The minimum Gasteiger partial charge on any atom is -0.493 e. The molecule has 1 fully saturated rings. The van der Waals surface area contributed by atoms with Gasteiger partial charge in [-0.1, -0.05) is 18.2 Å². The van der Waals surface area contributed by atoms with Crippen LogP contribution in [-0.2, 0) is 4.79 Å². The zero-order valence-electron chi connectivity index (χ0n) is 14.8. The molecule has 136 valence electrons. The largest absolute Gasteiger partial charge is 0.493 e. The second-order valence-corrected chi connectivity index (χ2v) is 6.10. The maximum Gasteiger partial charge on any atom is 0.325 e. The van der Waals surface area contributed by atoms with Gasteiger partial charge in [0.1, 0.15) is 6.29 Å². The summed E-state index contributed by atoms with van der Waals surface area (Å²) in [5.41, 5.74) is 1.67. The van der Waals surface area contributed by atoms with Crippen LogP contribution in [0.25, 0.3) is 0 Å². The number of ether oxygens (including phenoxy) is 2. The number of esters is 1. The average Bonchev–Trinajstić information content (AvgIpc) is 2.69. The second-order valence-electron chi connectivity index (χ2n) is 6.10. The minimum atomic E-state index is -0.338. The van der Waals surface area contributed by atoms with Gasteiger partial charge in [0.25, 0.3) is 0 Å². The molecule has 1 saturated heterocycles. The Bertz CT molecular complexity index is 756. The van der Waals surface area contributed by atoms with Crippen LogP contribution < -0.4 is 14.4 Å². The molecule has 3 rings (SSSR count). The SMILES string of the molecule is COc1cc(C=O)ccc1OC(=O)CN1CCN(c2ccccc2)CC1. The lowest BCUT2D eigenvalue weighted by Gasteiger charge is -2.35. The second kappa shape index (κ2) is 8.49. The number of para-hydroxylation sites is 1. The summed E-state index contributed by atoms with van der Waals surface area (Å²) >= 11 is 0. The van der Waals surface area contributed by atoms with E-state index >= 15 is 0 Å². The highest BCUT2D eigenvalue weighted by molar-refractivity contribution is 5.78. The molecule has 0 atom stereocenters. The van der Waals surface area contributed by atoms with E-state index in [1.807, 2.05) is 18.2 Å². The van der Waals surface area contributed by atoms with Gasteiger partial charge >= 0.3 is 5.97 Å². The molecule has 0 saturated carbocycles. The first-order chi connectivity index (χ1) is 12.7. The monoisotopic (exact) mass is 354 g/mol. The molecule has 0 unspecified atom stereocenters. The quantitative estimate of drug-likeness (QED) is 0.450. The van der Waals surface area contributed by atoms with Crippen molar-refractivity contribution in [3.63, 3.8) is 0 Å². The van der Waals surface area contributed by atoms with Gasteiger partial charge in [0.05, 0.1) is 13.7 Å². The molecule has 0 radical (unpaired) electrons. The molecule has 0 N–H and O–H groups in total. The maximum atomic E-state index is 12.3. The van der Waals surface area contributed by atoms with Crippen LogP contribution in [0.5, 0.6) is 11.5 Å². The summed E-state index contributed by atoms with van der Waals surface area (Å²) in [6, 6.07) is 15.0. The molecular formula is C20H22N2O4. The normalized spacial score (nSPS) is 14.7. The number of anilines is 1. The summed E-state index contributed by atoms with van der Waals surface area (Å²) in [4.78, 5) is 27.5. The molecule has 0 bridgehead atoms. The van der Waals surface area contributed by atoms with Crippen LogP contribution in [0.2, 0.25) is 0 Å². The van der Waals surface area contributed by atoms with Crippen molar-refractivity contribution in [2.75, 3.05) is 44.7 Å². The molecule has 0 aromatic heterocycles. The van der Waals surface area contributed by atoms with Gasteiger partial charge in [-0.15, -0.1) is 0 Å². The molecule has 26 heavy (non-hydrogen) atoms. The first-order valence-corrected chi connectivity index (χ1v) is 8.56. The maximum absolute atomic E-state index is 12.3. The van der Waals surface area contributed by atoms with E-state index in [1.54, 1.807) is 18.2 Å². The van der Waals surface area contributed by atoms with Crippen LogP contribution in [0.4, 0.5) is 5.69 Å². The molecule has 1 heterocycles. The Balaban J connectivity index is 1.52. The third-order valence-electron chi connectivity index (χ3n) is 4.39. The number of carbonyl (C=O) groups excluding carboxylic acids is 2. The van der Waals surface area contributed by atoms with E-state index in [-0.39, 0.29) is 12.5 Å². The Morgan fingerprint density at radius 2 is 1.77 bits per heavy atom. The summed E-state index contributed by atoms with van der Waals surface area (Å²) in [6.45, 7) is 3.56. The molecule has 6 heteroatoms. The molecule has 6 nitrogen and oxygen atoms in total. The zero-order valence-corrected chi connectivity index (χ0v) is 14.8. The fourth-order valence-electron chi connectivity index (χ4n) is 2.98. The van der Waals surface area contributed by atoms with Gasteiger partial charge in [0, 0.05) is 37.4 Å². The summed E-state index contributed by atoms with van der Waals surface area (Å²) in [6.07, 6.45) is 0.723. The molecule has 0 aliphatic carbocycles. The number of rotatable bonds is 6. The molecule has 2 aromatic rings. The van der Waals surface area contributed by atoms with Gasteiger partial charge in [0.15, 0.2) is 11.5 Å². The average molecular weight is 354 g/mol. The number of carbonyl (C=O) groups is 2. The van der Waals surface area contributed by atoms with Crippen molar-refractivity contribution in [1.82, 2.24) is 4.90 Å². The molecule has 2 aromatic carbocycles. The van der Waals surface area contributed by atoms with Crippen molar-refractivity contribution in [3.8, 4) is 11.5 Å². The number of nitrogens with zero attached hydrogens (tertiary/aromatic N) is 2. The van der Waals surface area contributed by atoms with Crippen LogP contribution in [-0.4, -0.2) is 57.0 Å².